The van der Waals surface area contributed by atoms with Gasteiger partial charge in [0.15, 0.2) is 4.34 Å². The van der Waals surface area contributed by atoms with Crippen LogP contribution in [0.1, 0.15) is 11.3 Å². The SMILES string of the molecule is Cc1cccn2cc(CSc3nnc(Nc4ccccc4F)s3)nc12. The lowest BCUT2D eigenvalue weighted by atomic mass is 10.3. The molecule has 0 fully saturated rings. The van der Waals surface area contributed by atoms with Crippen molar-refractivity contribution in [1.82, 2.24) is 19.6 Å². The molecule has 0 aliphatic rings. The summed E-state index contributed by atoms with van der Waals surface area (Å²) in [4.78, 5) is 4.65. The Balaban J connectivity index is 1.44. The zero-order valence-corrected chi connectivity index (χ0v) is 14.9. The van der Waals surface area contributed by atoms with E-state index in [1.54, 1.807) is 30.0 Å². The van der Waals surface area contributed by atoms with Crippen molar-refractivity contribution < 1.29 is 4.39 Å². The molecule has 0 saturated carbocycles. The van der Waals surface area contributed by atoms with E-state index in [9.17, 15) is 4.39 Å². The van der Waals surface area contributed by atoms with Crippen molar-refractivity contribution in [3.8, 4) is 0 Å². The highest BCUT2D eigenvalue weighted by Gasteiger charge is 2.09. The van der Waals surface area contributed by atoms with Gasteiger partial charge in [-0.05, 0) is 30.7 Å². The van der Waals surface area contributed by atoms with Crippen LogP contribution in [0.15, 0.2) is 53.1 Å². The highest BCUT2D eigenvalue weighted by Crippen LogP contribution is 2.30. The molecule has 0 aliphatic carbocycles. The number of nitrogens with one attached hydrogen (secondary N) is 1. The summed E-state index contributed by atoms with van der Waals surface area (Å²) in [5, 5.41) is 11.7. The Bertz CT molecular complexity index is 1030. The van der Waals surface area contributed by atoms with Crippen molar-refractivity contribution in [3.05, 3.63) is 65.9 Å². The zero-order chi connectivity index (χ0) is 17.2. The molecule has 3 heterocycles. The number of nitrogens with zero attached hydrogens (tertiary/aromatic N) is 4. The molecule has 0 saturated heterocycles. The van der Waals surface area contributed by atoms with E-state index in [0.717, 1.165) is 21.2 Å². The smallest absolute Gasteiger partial charge is 0.210 e. The van der Waals surface area contributed by atoms with E-state index < -0.39 is 0 Å². The minimum atomic E-state index is -0.313. The maximum atomic E-state index is 13.7. The van der Waals surface area contributed by atoms with Crippen LogP contribution in [-0.4, -0.2) is 19.6 Å². The minimum absolute atomic E-state index is 0.313. The molecule has 0 unspecified atom stereocenters. The second-order valence-electron chi connectivity index (χ2n) is 5.42. The van der Waals surface area contributed by atoms with Crippen LogP contribution in [0.4, 0.5) is 15.2 Å². The molecule has 4 aromatic rings. The largest absolute Gasteiger partial charge is 0.328 e. The maximum Gasteiger partial charge on any atom is 0.210 e. The monoisotopic (exact) mass is 371 g/mol. The summed E-state index contributed by atoms with van der Waals surface area (Å²) in [7, 11) is 0. The van der Waals surface area contributed by atoms with Crippen LogP contribution in [0.25, 0.3) is 5.65 Å². The number of pyridine rings is 1. The molecule has 126 valence electrons. The van der Waals surface area contributed by atoms with Crippen molar-refractivity contribution in [3.63, 3.8) is 0 Å². The van der Waals surface area contributed by atoms with Crippen LogP contribution in [-0.2, 0) is 5.75 Å². The van der Waals surface area contributed by atoms with E-state index in [1.807, 2.05) is 35.9 Å². The molecule has 0 radical (unpaired) electrons. The molecular weight excluding hydrogens is 357 g/mol. The average molecular weight is 371 g/mol. The fourth-order valence-electron chi connectivity index (χ4n) is 2.41. The number of para-hydroxylation sites is 1. The summed E-state index contributed by atoms with van der Waals surface area (Å²) in [6.07, 6.45) is 4.01. The standard InChI is InChI=1S/C17H14FN5S2/c1-11-5-4-8-23-9-12(19-15(11)23)10-24-17-22-21-16(25-17)20-14-7-3-2-6-13(14)18/h2-9H,10H2,1H3,(H,20,21). The Kier molecular flexibility index (Phi) is 4.37. The summed E-state index contributed by atoms with van der Waals surface area (Å²) in [6, 6.07) is 10.6. The molecule has 1 aromatic carbocycles. The summed E-state index contributed by atoms with van der Waals surface area (Å²) in [5.41, 5.74) is 3.49. The second-order valence-corrected chi connectivity index (χ2v) is 7.62. The van der Waals surface area contributed by atoms with Crippen LogP contribution in [0.3, 0.4) is 0 Å². The van der Waals surface area contributed by atoms with Crippen LogP contribution in [0.2, 0.25) is 0 Å². The molecule has 1 N–H and O–H groups in total. The molecule has 0 spiro atoms. The zero-order valence-electron chi connectivity index (χ0n) is 13.3. The third-order valence-electron chi connectivity index (χ3n) is 3.59. The van der Waals surface area contributed by atoms with Gasteiger partial charge in [0.1, 0.15) is 11.5 Å². The lowest BCUT2D eigenvalue weighted by Crippen LogP contribution is -1.92. The van der Waals surface area contributed by atoms with E-state index in [4.69, 9.17) is 0 Å². The van der Waals surface area contributed by atoms with Gasteiger partial charge in [0.05, 0.1) is 11.4 Å². The molecule has 0 amide bonds. The van der Waals surface area contributed by atoms with E-state index in [1.165, 1.54) is 17.4 Å². The topological polar surface area (TPSA) is 55.1 Å². The van der Waals surface area contributed by atoms with Gasteiger partial charge in [0.25, 0.3) is 0 Å². The van der Waals surface area contributed by atoms with Gasteiger partial charge >= 0.3 is 0 Å². The second kappa shape index (κ2) is 6.81. The Labute approximate surface area is 151 Å². The van der Waals surface area contributed by atoms with Crippen molar-refractivity contribution in [1.29, 1.82) is 0 Å². The molecule has 4 rings (SSSR count). The Hall–Kier alpha value is -2.45. The lowest BCUT2D eigenvalue weighted by Gasteiger charge is -2.01. The molecule has 0 atom stereocenters. The third-order valence-corrected chi connectivity index (χ3v) is 5.60. The number of fused-ring (bicyclic) bond motifs is 1. The Morgan fingerprint density at radius 1 is 1.20 bits per heavy atom. The lowest BCUT2D eigenvalue weighted by molar-refractivity contribution is 0.632. The molecule has 0 bridgehead atoms. The van der Waals surface area contributed by atoms with Crippen LogP contribution in [0, 0.1) is 12.7 Å². The number of thioether (sulfide) groups is 1. The Morgan fingerprint density at radius 2 is 2.08 bits per heavy atom. The van der Waals surface area contributed by atoms with Crippen LogP contribution >= 0.6 is 23.1 Å². The molecule has 8 heteroatoms. The van der Waals surface area contributed by atoms with Gasteiger partial charge in [-0.1, -0.05) is 41.3 Å². The summed E-state index contributed by atoms with van der Waals surface area (Å²) < 4.78 is 16.5. The third kappa shape index (κ3) is 3.49. The van der Waals surface area contributed by atoms with Crippen LogP contribution < -0.4 is 5.32 Å². The summed E-state index contributed by atoms with van der Waals surface area (Å²) in [6.45, 7) is 2.05. The first-order valence-corrected chi connectivity index (χ1v) is 9.40. The van der Waals surface area contributed by atoms with E-state index in [0.29, 0.717) is 16.6 Å². The van der Waals surface area contributed by atoms with Gasteiger partial charge in [-0.3, -0.25) is 0 Å². The van der Waals surface area contributed by atoms with Crippen LogP contribution in [0.5, 0.6) is 0 Å². The van der Waals surface area contributed by atoms with Gasteiger partial charge in [0.2, 0.25) is 5.13 Å². The number of anilines is 2. The van der Waals surface area contributed by atoms with Gasteiger partial charge in [0, 0.05) is 18.1 Å². The first kappa shape index (κ1) is 16.0. The van der Waals surface area contributed by atoms with E-state index >= 15 is 0 Å². The highest BCUT2D eigenvalue weighted by atomic mass is 32.2. The normalized spacial score (nSPS) is 11.1. The van der Waals surface area contributed by atoms with Gasteiger partial charge in [-0.15, -0.1) is 10.2 Å². The first-order chi connectivity index (χ1) is 12.2. The maximum absolute atomic E-state index is 13.7. The quantitative estimate of drug-likeness (QED) is 0.517. The average Bonchev–Trinajstić information content (AvgIpc) is 3.22. The summed E-state index contributed by atoms with van der Waals surface area (Å²) in [5.74, 6) is 0.391. The molecule has 25 heavy (non-hydrogen) atoms. The van der Waals surface area contributed by atoms with Crippen molar-refractivity contribution in [2.24, 2.45) is 0 Å². The van der Waals surface area contributed by atoms with Gasteiger partial charge < -0.3 is 9.72 Å². The number of hydrogen-bond acceptors (Lipinski definition) is 6. The van der Waals surface area contributed by atoms with E-state index in [2.05, 4.69) is 20.5 Å². The highest BCUT2D eigenvalue weighted by molar-refractivity contribution is 8.00. The number of hydrogen-bond donors (Lipinski definition) is 1. The number of rotatable bonds is 5. The predicted octanol–water partition coefficient (Wildman–Crippen LogP) is 4.67. The minimum Gasteiger partial charge on any atom is -0.328 e. The fourth-order valence-corrected chi connectivity index (χ4v) is 4.05. The van der Waals surface area contributed by atoms with Gasteiger partial charge in [-0.25, -0.2) is 9.37 Å². The number of halogens is 1. The van der Waals surface area contributed by atoms with Gasteiger partial charge in [-0.2, -0.15) is 0 Å². The number of benzene rings is 1. The fraction of sp³-hybridized carbons (Fsp3) is 0.118. The Morgan fingerprint density at radius 3 is 2.92 bits per heavy atom. The van der Waals surface area contributed by atoms with Crippen molar-refractivity contribution in [2.45, 2.75) is 17.0 Å². The van der Waals surface area contributed by atoms with Crippen molar-refractivity contribution >= 4 is 39.6 Å². The molecule has 0 aliphatic heterocycles. The predicted molar refractivity (Wildman–Crippen MR) is 99.1 cm³/mol. The molecule has 3 aromatic heterocycles. The van der Waals surface area contributed by atoms with Crippen molar-refractivity contribution in [2.75, 3.05) is 5.32 Å². The summed E-state index contributed by atoms with van der Waals surface area (Å²) >= 11 is 2.96. The molecular formula is C17H14FN5S2. The molecule has 5 nitrogen and oxygen atoms in total. The first-order valence-electron chi connectivity index (χ1n) is 7.60. The number of aryl methyl sites for hydroxylation is 1. The number of aromatic nitrogens is 4. The van der Waals surface area contributed by atoms with E-state index in [-0.39, 0.29) is 5.82 Å². The number of imidazole rings is 1.